The summed E-state index contributed by atoms with van der Waals surface area (Å²) in [6, 6.07) is 0. The molecule has 0 saturated heterocycles. The Morgan fingerprint density at radius 2 is 1.69 bits per heavy atom. The zero-order chi connectivity index (χ0) is 10.7. The highest BCUT2D eigenvalue weighted by Gasteiger charge is 1.90. The van der Waals surface area contributed by atoms with Gasteiger partial charge in [0.15, 0.2) is 0 Å². The van der Waals surface area contributed by atoms with Gasteiger partial charge in [-0.25, -0.2) is 0 Å². The highest BCUT2D eigenvalue weighted by Crippen LogP contribution is 1.95. The van der Waals surface area contributed by atoms with Crippen LogP contribution in [-0.2, 0) is 0 Å². The monoisotopic (exact) mass is 180 g/mol. The van der Waals surface area contributed by atoms with Gasteiger partial charge < -0.3 is 5.73 Å². The number of hydrogen-bond acceptors (Lipinski definition) is 1. The average Bonchev–Trinajstić information content (AvgIpc) is 2.15. The van der Waals surface area contributed by atoms with Gasteiger partial charge in [-0.2, -0.15) is 0 Å². The van der Waals surface area contributed by atoms with E-state index in [0.717, 1.165) is 5.57 Å². The molecule has 0 aromatic heterocycles. The van der Waals surface area contributed by atoms with Crippen LogP contribution in [0.15, 0.2) is 36.0 Å². The van der Waals surface area contributed by atoms with Gasteiger partial charge in [-0.15, -0.1) is 0 Å². The summed E-state index contributed by atoms with van der Waals surface area (Å²) in [6.45, 7) is 7.80. The average molecular weight is 180 g/mol. The van der Waals surface area contributed by atoms with Crippen molar-refractivity contribution in [2.45, 2.75) is 27.7 Å². The fraction of sp³-hybridized carbons (Fsp3) is 0.364. The Bertz CT molecular complexity index is 210. The highest BCUT2D eigenvalue weighted by atomic mass is 14.7. The molecule has 0 atom stereocenters. The summed E-state index contributed by atoms with van der Waals surface area (Å²) in [5.41, 5.74) is 6.02. The lowest BCUT2D eigenvalue weighted by Crippen LogP contribution is -2.10. The van der Waals surface area contributed by atoms with E-state index in [-0.39, 0.29) is 5.84 Å². The molecule has 3 N–H and O–H groups in total. The molecule has 0 amide bonds. The van der Waals surface area contributed by atoms with E-state index in [1.165, 1.54) is 0 Å². The van der Waals surface area contributed by atoms with E-state index in [2.05, 4.69) is 0 Å². The van der Waals surface area contributed by atoms with Crippen LogP contribution in [0.1, 0.15) is 27.7 Å². The summed E-state index contributed by atoms with van der Waals surface area (Å²) in [5, 5.41) is 7.12. The zero-order valence-corrected chi connectivity index (χ0v) is 8.96. The van der Waals surface area contributed by atoms with Crippen LogP contribution >= 0.6 is 0 Å². The molecule has 0 fully saturated rings. The topological polar surface area (TPSA) is 49.9 Å². The van der Waals surface area contributed by atoms with Crippen LogP contribution < -0.4 is 5.73 Å². The molecule has 2 heteroatoms. The molecule has 0 saturated carbocycles. The largest absolute Gasteiger partial charge is 0.384 e. The minimum absolute atomic E-state index is 0.105. The molecule has 0 bridgehead atoms. The van der Waals surface area contributed by atoms with Crippen LogP contribution in [-0.4, -0.2) is 5.84 Å². The van der Waals surface area contributed by atoms with Gasteiger partial charge in [0, 0.05) is 5.57 Å². The lowest BCUT2D eigenvalue weighted by molar-refractivity contribution is 1.42. The first-order valence-corrected chi connectivity index (χ1v) is 4.52. The van der Waals surface area contributed by atoms with Crippen molar-refractivity contribution in [3.8, 4) is 0 Å². The Hall–Kier alpha value is -1.31. The first-order valence-electron chi connectivity index (χ1n) is 4.52. The van der Waals surface area contributed by atoms with Gasteiger partial charge in [-0.1, -0.05) is 44.2 Å². The third-order valence-electron chi connectivity index (χ3n) is 1.20. The molecule has 0 radical (unpaired) electrons. The second kappa shape index (κ2) is 10.7. The van der Waals surface area contributed by atoms with E-state index in [9.17, 15) is 0 Å². The smallest absolute Gasteiger partial charge is 0.122 e. The summed E-state index contributed by atoms with van der Waals surface area (Å²) in [7, 11) is 0. The minimum Gasteiger partial charge on any atom is -0.384 e. The quantitative estimate of drug-likeness (QED) is 0.391. The fourth-order valence-corrected chi connectivity index (χ4v) is 0.612. The van der Waals surface area contributed by atoms with E-state index in [4.69, 9.17) is 11.1 Å². The summed E-state index contributed by atoms with van der Waals surface area (Å²) >= 11 is 0. The minimum atomic E-state index is 0.105. The SMILES string of the molecule is CC.C\C=C/C=C\C(=C/C)C(=N)N. The number of hydrogen-bond donors (Lipinski definition) is 2. The number of nitrogens with two attached hydrogens (primary N) is 1. The number of allylic oxidation sites excluding steroid dienone is 4. The maximum Gasteiger partial charge on any atom is 0.122 e. The van der Waals surface area contributed by atoms with Crippen molar-refractivity contribution >= 4 is 5.84 Å². The molecule has 13 heavy (non-hydrogen) atoms. The predicted octanol–water partition coefficient (Wildman–Crippen LogP) is 3.03. The first-order chi connectivity index (χ1) is 6.22. The second-order valence-corrected chi connectivity index (χ2v) is 2.04. The summed E-state index contributed by atoms with van der Waals surface area (Å²) in [5.74, 6) is 0.105. The third-order valence-corrected chi connectivity index (χ3v) is 1.20. The molecule has 0 aliphatic rings. The first kappa shape index (κ1) is 14.2. The Morgan fingerprint density at radius 1 is 1.15 bits per heavy atom. The summed E-state index contributed by atoms with van der Waals surface area (Å²) in [4.78, 5) is 0. The second-order valence-electron chi connectivity index (χ2n) is 2.04. The molecule has 2 nitrogen and oxygen atoms in total. The van der Waals surface area contributed by atoms with Crippen molar-refractivity contribution < 1.29 is 0 Å². The van der Waals surface area contributed by atoms with E-state index < -0.39 is 0 Å². The number of nitrogens with one attached hydrogen (secondary N) is 1. The van der Waals surface area contributed by atoms with Gasteiger partial charge >= 0.3 is 0 Å². The van der Waals surface area contributed by atoms with Crippen LogP contribution in [0.3, 0.4) is 0 Å². The number of rotatable bonds is 3. The van der Waals surface area contributed by atoms with E-state index in [1.54, 1.807) is 0 Å². The molecule has 0 spiro atoms. The van der Waals surface area contributed by atoms with Gasteiger partial charge in [0.25, 0.3) is 0 Å². The van der Waals surface area contributed by atoms with Gasteiger partial charge in [0.1, 0.15) is 5.84 Å². The summed E-state index contributed by atoms with van der Waals surface area (Å²) < 4.78 is 0. The third kappa shape index (κ3) is 8.60. The normalized spacial score (nSPS) is 11.5. The van der Waals surface area contributed by atoms with Crippen molar-refractivity contribution in [2.75, 3.05) is 0 Å². The highest BCUT2D eigenvalue weighted by molar-refractivity contribution is 5.96. The number of amidine groups is 1. The van der Waals surface area contributed by atoms with E-state index >= 15 is 0 Å². The maximum absolute atomic E-state index is 7.12. The molecule has 0 aliphatic carbocycles. The standard InChI is InChI=1S/C9H14N2.C2H6/c1-3-5-6-7-8(4-2)9(10)11;1-2/h3-7H,1-2H3,(H3,10,11);1-2H3/b5-3-,7-6-,8-4+;. The van der Waals surface area contributed by atoms with Crippen LogP contribution in [0, 0.1) is 5.41 Å². The van der Waals surface area contributed by atoms with Crippen LogP contribution in [0.4, 0.5) is 0 Å². The van der Waals surface area contributed by atoms with Gasteiger partial charge in [-0.05, 0) is 13.8 Å². The molecular formula is C11H20N2. The predicted molar refractivity (Wildman–Crippen MR) is 61.0 cm³/mol. The molecular weight excluding hydrogens is 160 g/mol. The molecule has 0 aromatic carbocycles. The lowest BCUT2D eigenvalue weighted by Gasteiger charge is -1.94. The van der Waals surface area contributed by atoms with Gasteiger partial charge in [-0.3, -0.25) is 5.41 Å². The fourth-order valence-electron chi connectivity index (χ4n) is 0.612. The molecule has 0 unspecified atom stereocenters. The van der Waals surface area contributed by atoms with Crippen LogP contribution in [0.25, 0.3) is 0 Å². The molecule has 0 aromatic rings. The zero-order valence-electron chi connectivity index (χ0n) is 8.96. The molecule has 0 heterocycles. The van der Waals surface area contributed by atoms with Crippen LogP contribution in [0.2, 0.25) is 0 Å². The Labute approximate surface area is 81.4 Å². The van der Waals surface area contributed by atoms with Crippen LogP contribution in [0.5, 0.6) is 0 Å². The summed E-state index contributed by atoms with van der Waals surface area (Å²) in [6.07, 6.45) is 9.29. The Kier molecular flexibility index (Phi) is 11.7. The maximum atomic E-state index is 7.12. The molecule has 0 aliphatic heterocycles. The van der Waals surface area contributed by atoms with Crippen molar-refractivity contribution in [3.05, 3.63) is 36.0 Å². The Morgan fingerprint density at radius 3 is 2.00 bits per heavy atom. The van der Waals surface area contributed by atoms with Crippen molar-refractivity contribution in [2.24, 2.45) is 5.73 Å². The Balaban J connectivity index is 0. The molecule has 74 valence electrons. The van der Waals surface area contributed by atoms with Gasteiger partial charge in [0.05, 0.1) is 0 Å². The molecule has 0 rings (SSSR count). The van der Waals surface area contributed by atoms with Crippen molar-refractivity contribution in [1.29, 1.82) is 5.41 Å². The van der Waals surface area contributed by atoms with Crippen molar-refractivity contribution in [3.63, 3.8) is 0 Å². The van der Waals surface area contributed by atoms with E-state index in [0.29, 0.717) is 0 Å². The van der Waals surface area contributed by atoms with Gasteiger partial charge in [0.2, 0.25) is 0 Å². The van der Waals surface area contributed by atoms with Crippen molar-refractivity contribution in [1.82, 2.24) is 0 Å². The lowest BCUT2D eigenvalue weighted by atomic mass is 10.2. The van der Waals surface area contributed by atoms with E-state index in [1.807, 2.05) is 58.1 Å².